The van der Waals surface area contributed by atoms with Crippen molar-refractivity contribution in [2.24, 2.45) is 17.8 Å². The van der Waals surface area contributed by atoms with Crippen molar-refractivity contribution in [2.75, 3.05) is 0 Å². The molecule has 0 aliphatic heterocycles. The van der Waals surface area contributed by atoms with Crippen molar-refractivity contribution in [3.05, 3.63) is 34.9 Å². The lowest BCUT2D eigenvalue weighted by molar-refractivity contribution is 0.104. The minimum atomic E-state index is -0.175. The first kappa shape index (κ1) is 10.6. The molecule has 0 spiro atoms. The van der Waals surface area contributed by atoms with Gasteiger partial charge in [0.2, 0.25) is 0 Å². The van der Waals surface area contributed by atoms with Crippen molar-refractivity contribution in [3.63, 3.8) is 0 Å². The Bertz CT molecular complexity index is 380. The van der Waals surface area contributed by atoms with Gasteiger partial charge in [0.1, 0.15) is 0 Å². The van der Waals surface area contributed by atoms with Gasteiger partial charge in [0.15, 0.2) is 0 Å². The zero-order valence-electron chi connectivity index (χ0n) is 9.27. The molecule has 3 unspecified atom stereocenters. The van der Waals surface area contributed by atoms with E-state index in [2.05, 4.69) is 0 Å². The first-order chi connectivity index (χ1) is 7.72. The highest BCUT2D eigenvalue weighted by Gasteiger charge is 2.47. The van der Waals surface area contributed by atoms with Gasteiger partial charge in [0.05, 0.1) is 6.10 Å². The van der Waals surface area contributed by atoms with Crippen LogP contribution in [-0.2, 0) is 6.42 Å². The summed E-state index contributed by atoms with van der Waals surface area (Å²) >= 11 is 5.94. The lowest BCUT2D eigenvalue weighted by Gasteiger charge is -2.19. The first-order valence-corrected chi connectivity index (χ1v) is 6.52. The largest absolute Gasteiger partial charge is 0.392 e. The second-order valence-electron chi connectivity index (χ2n) is 5.39. The highest BCUT2D eigenvalue weighted by atomic mass is 35.5. The second-order valence-corrected chi connectivity index (χ2v) is 5.83. The van der Waals surface area contributed by atoms with Gasteiger partial charge >= 0.3 is 0 Å². The molecule has 2 aliphatic carbocycles. The fourth-order valence-electron chi connectivity index (χ4n) is 3.15. The summed E-state index contributed by atoms with van der Waals surface area (Å²) in [7, 11) is 0. The first-order valence-electron chi connectivity index (χ1n) is 6.15. The molecule has 86 valence electrons. The van der Waals surface area contributed by atoms with Crippen LogP contribution < -0.4 is 0 Å². The Balaban J connectivity index is 1.61. The summed E-state index contributed by atoms with van der Waals surface area (Å²) in [5.41, 5.74) is 1.15. The van der Waals surface area contributed by atoms with Gasteiger partial charge in [-0.15, -0.1) is 0 Å². The van der Waals surface area contributed by atoms with Gasteiger partial charge < -0.3 is 5.11 Å². The second kappa shape index (κ2) is 4.05. The zero-order valence-corrected chi connectivity index (χ0v) is 10.0. The fourth-order valence-corrected chi connectivity index (χ4v) is 3.36. The van der Waals surface area contributed by atoms with E-state index in [9.17, 15) is 5.11 Å². The van der Waals surface area contributed by atoms with Crippen LogP contribution >= 0.6 is 11.6 Å². The van der Waals surface area contributed by atoms with Crippen LogP contribution in [0.3, 0.4) is 0 Å². The third kappa shape index (κ3) is 2.11. The summed E-state index contributed by atoms with van der Waals surface area (Å²) in [4.78, 5) is 0. The molecule has 2 aliphatic rings. The summed E-state index contributed by atoms with van der Waals surface area (Å²) in [5.74, 6) is 2.42. The van der Waals surface area contributed by atoms with E-state index in [0.29, 0.717) is 5.92 Å². The maximum absolute atomic E-state index is 10.2. The van der Waals surface area contributed by atoms with Gasteiger partial charge in [-0.25, -0.2) is 0 Å². The summed E-state index contributed by atoms with van der Waals surface area (Å²) in [6.45, 7) is 0. The van der Waals surface area contributed by atoms with E-state index in [1.54, 1.807) is 0 Å². The molecular weight excluding hydrogens is 220 g/mol. The number of benzene rings is 1. The molecule has 0 bridgehead atoms. The van der Waals surface area contributed by atoms with Crippen molar-refractivity contribution in [1.29, 1.82) is 0 Å². The van der Waals surface area contributed by atoms with Gasteiger partial charge in [-0.1, -0.05) is 23.7 Å². The van der Waals surface area contributed by atoms with Crippen LogP contribution in [0.15, 0.2) is 24.3 Å². The summed E-state index contributed by atoms with van der Waals surface area (Å²) in [6.07, 6.45) is 4.48. The van der Waals surface area contributed by atoms with Gasteiger partial charge in [0.25, 0.3) is 0 Å². The molecule has 0 radical (unpaired) electrons. The van der Waals surface area contributed by atoms with Crippen molar-refractivity contribution >= 4 is 11.6 Å². The number of hydrogen-bond donors (Lipinski definition) is 1. The summed E-state index contributed by atoms with van der Waals surface area (Å²) < 4.78 is 0. The Morgan fingerprint density at radius 1 is 1.25 bits per heavy atom. The van der Waals surface area contributed by atoms with Crippen molar-refractivity contribution in [2.45, 2.75) is 31.8 Å². The molecule has 3 rings (SSSR count). The fraction of sp³-hybridized carbons (Fsp3) is 0.571. The van der Waals surface area contributed by atoms with Crippen LogP contribution in [0, 0.1) is 17.8 Å². The summed E-state index contributed by atoms with van der Waals surface area (Å²) in [6, 6.07) is 7.84. The zero-order chi connectivity index (χ0) is 11.1. The molecule has 1 N–H and O–H groups in total. The topological polar surface area (TPSA) is 20.2 Å². The Morgan fingerprint density at radius 3 is 2.69 bits per heavy atom. The summed E-state index contributed by atoms with van der Waals surface area (Å²) in [5, 5.41) is 11.0. The number of fused-ring (bicyclic) bond motifs is 1. The monoisotopic (exact) mass is 236 g/mol. The van der Waals surface area contributed by atoms with Gasteiger partial charge in [-0.3, -0.25) is 0 Å². The third-order valence-electron chi connectivity index (χ3n) is 4.16. The van der Waals surface area contributed by atoms with E-state index in [1.807, 2.05) is 24.3 Å². The van der Waals surface area contributed by atoms with Crippen molar-refractivity contribution in [1.82, 2.24) is 0 Å². The van der Waals surface area contributed by atoms with Crippen molar-refractivity contribution in [3.8, 4) is 0 Å². The molecule has 2 heteroatoms. The van der Waals surface area contributed by atoms with Crippen LogP contribution in [0.5, 0.6) is 0 Å². The lowest BCUT2D eigenvalue weighted by atomic mass is 9.92. The molecule has 1 aromatic rings. The van der Waals surface area contributed by atoms with Crippen LogP contribution in [0.25, 0.3) is 0 Å². The van der Waals surface area contributed by atoms with Gasteiger partial charge in [-0.05, 0) is 61.1 Å². The Morgan fingerprint density at radius 2 is 2.00 bits per heavy atom. The SMILES string of the molecule is OC(Cc1cccc(Cl)c1)C1CC2CC2C1. The molecule has 1 nitrogen and oxygen atoms in total. The van der Waals surface area contributed by atoms with E-state index in [-0.39, 0.29) is 6.10 Å². The van der Waals surface area contributed by atoms with E-state index in [0.717, 1.165) is 28.8 Å². The number of rotatable bonds is 3. The minimum Gasteiger partial charge on any atom is -0.392 e. The maximum atomic E-state index is 10.2. The molecule has 3 atom stereocenters. The number of halogens is 1. The molecule has 0 saturated heterocycles. The number of hydrogen-bond acceptors (Lipinski definition) is 1. The van der Waals surface area contributed by atoms with Crippen LogP contribution in [0.2, 0.25) is 5.02 Å². The molecule has 2 fully saturated rings. The van der Waals surface area contributed by atoms with Gasteiger partial charge in [-0.2, -0.15) is 0 Å². The Kier molecular flexibility index (Phi) is 2.68. The highest BCUT2D eigenvalue weighted by molar-refractivity contribution is 6.30. The molecule has 1 aromatic carbocycles. The Labute approximate surface area is 101 Å². The van der Waals surface area contributed by atoms with Crippen LogP contribution in [-0.4, -0.2) is 11.2 Å². The molecule has 2 saturated carbocycles. The molecule has 0 heterocycles. The highest BCUT2D eigenvalue weighted by Crippen LogP contribution is 2.55. The number of aliphatic hydroxyl groups excluding tert-OH is 1. The molecule has 0 amide bonds. The smallest absolute Gasteiger partial charge is 0.0608 e. The maximum Gasteiger partial charge on any atom is 0.0608 e. The molecular formula is C14H17ClO. The quantitative estimate of drug-likeness (QED) is 0.854. The molecule has 16 heavy (non-hydrogen) atoms. The van der Waals surface area contributed by atoms with Gasteiger partial charge in [0, 0.05) is 5.02 Å². The van der Waals surface area contributed by atoms with E-state index in [1.165, 1.54) is 19.3 Å². The van der Waals surface area contributed by atoms with E-state index >= 15 is 0 Å². The minimum absolute atomic E-state index is 0.175. The van der Waals surface area contributed by atoms with Crippen LogP contribution in [0.4, 0.5) is 0 Å². The predicted octanol–water partition coefficient (Wildman–Crippen LogP) is 3.29. The normalized spacial score (nSPS) is 33.5. The standard InChI is InChI=1S/C14H17ClO/c15-13-3-1-2-9(4-13)5-14(16)12-7-10-6-11(10)8-12/h1-4,10-12,14,16H,5-8H2. The van der Waals surface area contributed by atoms with Crippen molar-refractivity contribution < 1.29 is 5.11 Å². The predicted molar refractivity (Wildman–Crippen MR) is 65.5 cm³/mol. The Hall–Kier alpha value is -0.530. The van der Waals surface area contributed by atoms with Crippen LogP contribution in [0.1, 0.15) is 24.8 Å². The third-order valence-corrected chi connectivity index (χ3v) is 4.39. The average molecular weight is 237 g/mol. The average Bonchev–Trinajstić information content (AvgIpc) is 2.86. The molecule has 0 aromatic heterocycles. The number of aliphatic hydroxyl groups is 1. The van der Waals surface area contributed by atoms with E-state index < -0.39 is 0 Å². The van der Waals surface area contributed by atoms with E-state index in [4.69, 9.17) is 11.6 Å². The lowest BCUT2D eigenvalue weighted by Crippen LogP contribution is -2.21.